The van der Waals surface area contributed by atoms with Crippen LogP contribution in [0.3, 0.4) is 0 Å². The van der Waals surface area contributed by atoms with Gasteiger partial charge in [-0.1, -0.05) is 109 Å². The molecule has 1 atom stereocenters. The second kappa shape index (κ2) is 13.3. The van der Waals surface area contributed by atoms with Crippen LogP contribution in [0.1, 0.15) is 36.0 Å². The zero-order chi connectivity index (χ0) is 29.5. The van der Waals surface area contributed by atoms with Crippen LogP contribution in [0, 0.1) is 6.61 Å². The average Bonchev–Trinajstić information content (AvgIpc) is 2.96. The Labute approximate surface area is 266 Å². The summed E-state index contributed by atoms with van der Waals surface area (Å²) in [6.45, 7) is 1.93. The topological polar surface area (TPSA) is 18.5 Å². The molecule has 10 heteroatoms. The maximum absolute atomic E-state index is 7.37. The van der Waals surface area contributed by atoms with E-state index in [1.807, 2.05) is 12.7 Å². The van der Waals surface area contributed by atoms with Crippen molar-refractivity contribution in [3.63, 3.8) is 0 Å². The quantitative estimate of drug-likeness (QED) is 0.0765. The Balaban J connectivity index is 0.000000493. The molecule has 0 bridgehead atoms. The predicted octanol–water partition coefficient (Wildman–Crippen LogP) is 11.6. The van der Waals surface area contributed by atoms with Crippen LogP contribution >= 0.6 is 64.7 Å². The minimum atomic E-state index is -5.42. The van der Waals surface area contributed by atoms with E-state index in [9.17, 15) is 0 Å². The van der Waals surface area contributed by atoms with Crippen molar-refractivity contribution in [3.8, 4) is 0 Å². The minimum Gasteiger partial charge on any atom is -0.324 e. The summed E-state index contributed by atoms with van der Waals surface area (Å²) in [6.07, 6.45) is 2.80. The van der Waals surface area contributed by atoms with E-state index < -0.39 is 20.5 Å². The SMILES string of the molecule is [Cl][Sb-]([Cl])([Cl])([Cl])([Cl])[Cl].c1ccc(SCC2(OC(c3ccccc3)(c3ccccc3)c3ccccc3)CCC[CH+]O2)cc1. The first-order chi connectivity index (χ1) is 19.3. The zero-order valence-electron chi connectivity index (χ0n) is 21.9. The van der Waals surface area contributed by atoms with Crippen molar-refractivity contribution in [2.45, 2.75) is 35.5 Å². The van der Waals surface area contributed by atoms with Crippen molar-refractivity contribution in [3.05, 3.63) is 145 Å². The number of benzene rings is 4. The molecule has 1 heterocycles. The van der Waals surface area contributed by atoms with Gasteiger partial charge < -0.3 is 4.74 Å². The number of ether oxygens (including phenoxy) is 2. The van der Waals surface area contributed by atoms with E-state index in [0.29, 0.717) is 5.75 Å². The van der Waals surface area contributed by atoms with E-state index >= 15 is 0 Å². The monoisotopic (exact) mass is 796 g/mol. The van der Waals surface area contributed by atoms with Crippen molar-refractivity contribution in [1.82, 2.24) is 0 Å². The Morgan fingerprint density at radius 3 is 1.44 bits per heavy atom. The van der Waals surface area contributed by atoms with Crippen LogP contribution in [0.15, 0.2) is 126 Å². The summed E-state index contributed by atoms with van der Waals surface area (Å²) in [5.74, 6) is -0.0674. The first kappa shape index (κ1) is 33.5. The third-order valence-corrected chi connectivity index (χ3v) is 7.45. The number of thioether (sulfide) groups is 1. The summed E-state index contributed by atoms with van der Waals surface area (Å²) in [4.78, 5) is 1.21. The van der Waals surface area contributed by atoms with Gasteiger partial charge in [-0.2, -0.15) is 4.74 Å². The van der Waals surface area contributed by atoms with Gasteiger partial charge >= 0.3 is 62.1 Å². The molecule has 41 heavy (non-hydrogen) atoms. The molecule has 5 rings (SSSR count). The number of halogens is 6. The summed E-state index contributed by atoms with van der Waals surface area (Å²) >= 11 is 1.78. The van der Waals surface area contributed by atoms with Gasteiger partial charge in [-0.15, -0.1) is 11.8 Å². The number of hydrogen-bond donors (Lipinski definition) is 0. The second-order valence-corrected chi connectivity index (χ2v) is 67.5. The molecule has 1 fully saturated rings. The van der Waals surface area contributed by atoms with E-state index in [2.05, 4.69) is 115 Å². The molecule has 0 saturated carbocycles. The second-order valence-electron chi connectivity index (χ2n) is 9.53. The van der Waals surface area contributed by atoms with Gasteiger partial charge in [-0.25, -0.2) is 0 Å². The maximum atomic E-state index is 7.37. The first-order valence-electron chi connectivity index (χ1n) is 12.9. The van der Waals surface area contributed by atoms with Gasteiger partial charge in [0, 0.05) is 11.3 Å². The number of rotatable bonds is 8. The summed E-state index contributed by atoms with van der Waals surface area (Å²) in [7, 11) is 25.0. The molecule has 1 aliphatic rings. The predicted molar refractivity (Wildman–Crippen MR) is 180 cm³/mol. The smallest absolute Gasteiger partial charge is 0.231 e. The Bertz CT molecular complexity index is 1260. The molecule has 0 aliphatic carbocycles. The van der Waals surface area contributed by atoms with Crippen LogP contribution in [-0.4, -0.2) is 20.7 Å². The Hall–Kier alpha value is -0.422. The summed E-state index contributed by atoms with van der Waals surface area (Å²) in [5.41, 5.74) is 2.45. The molecule has 0 N–H and O–H groups in total. The van der Waals surface area contributed by atoms with Gasteiger partial charge in [0.05, 0.1) is 5.75 Å². The molecule has 0 radical (unpaired) electrons. The fraction of sp³-hybridized carbons (Fsp3) is 0.194. The Kier molecular flexibility index (Phi) is 10.8. The fourth-order valence-electron chi connectivity index (χ4n) is 4.62. The van der Waals surface area contributed by atoms with Crippen molar-refractivity contribution >= 4 is 73.9 Å². The molecular formula is C31H29Cl6O2SSb. The van der Waals surface area contributed by atoms with Crippen LogP contribution < -0.4 is 0 Å². The van der Waals surface area contributed by atoms with E-state index in [0.717, 1.165) is 36.0 Å². The zero-order valence-corrected chi connectivity index (χ0v) is 29.8. The molecule has 4 aromatic carbocycles. The Morgan fingerprint density at radius 1 is 0.683 bits per heavy atom. The Morgan fingerprint density at radius 2 is 1.07 bits per heavy atom. The van der Waals surface area contributed by atoms with Crippen LogP contribution in [0.4, 0.5) is 0 Å². The molecule has 0 aromatic heterocycles. The van der Waals surface area contributed by atoms with Crippen molar-refractivity contribution in [2.24, 2.45) is 0 Å². The van der Waals surface area contributed by atoms with E-state index in [1.165, 1.54) is 4.90 Å². The van der Waals surface area contributed by atoms with Gasteiger partial charge in [0.1, 0.15) is 12.0 Å². The standard InChI is InChI=1S/C31H29O2S.6ClH.Sb/c1-5-15-26(16-6-1)31(27-17-7-2-8-18-27,28-19-9-3-10-20-28)33-30(23-13-14-24-32-30)25-34-29-21-11-4-12-22-29;;;;;;;/h1-12,15-22,24H,13-14,23,25H2;6*1H;/q+1;;;;;;;+5/p-6. The number of hydrogen-bond acceptors (Lipinski definition) is 3. The normalized spacial score (nSPS) is 19.1. The minimum absolute atomic E-state index is 0.696. The maximum Gasteiger partial charge on any atom is 0.231 e. The molecule has 0 spiro atoms. The molecule has 4 aromatic rings. The largest absolute Gasteiger partial charge is 0.324 e. The first-order valence-corrected chi connectivity index (χ1v) is 33.2. The molecule has 0 amide bonds. The summed E-state index contributed by atoms with van der Waals surface area (Å²) < 4.78 is 13.8. The molecule has 1 unspecified atom stereocenters. The third-order valence-electron chi connectivity index (χ3n) is 6.26. The average molecular weight is 800 g/mol. The van der Waals surface area contributed by atoms with Crippen molar-refractivity contribution in [1.29, 1.82) is 0 Å². The van der Waals surface area contributed by atoms with E-state index in [-0.39, 0.29) is 0 Å². The van der Waals surface area contributed by atoms with Crippen LogP contribution in [0.5, 0.6) is 0 Å². The van der Waals surface area contributed by atoms with Crippen molar-refractivity contribution < 1.29 is 9.47 Å². The van der Waals surface area contributed by atoms with Gasteiger partial charge in [0.25, 0.3) is 0 Å². The van der Waals surface area contributed by atoms with E-state index in [1.54, 1.807) is 11.8 Å². The third kappa shape index (κ3) is 10.9. The molecule has 1 aliphatic heterocycles. The van der Waals surface area contributed by atoms with Gasteiger partial charge in [-0.05, 0) is 35.2 Å². The fourth-order valence-corrected chi connectivity index (χ4v) is 5.63. The summed E-state index contributed by atoms with van der Waals surface area (Å²) in [5, 5.41) is 0. The van der Waals surface area contributed by atoms with Crippen LogP contribution in [0.2, 0.25) is 0 Å². The molecular weight excluding hydrogens is 771 g/mol. The van der Waals surface area contributed by atoms with Gasteiger partial charge in [0.2, 0.25) is 12.4 Å². The molecule has 2 nitrogen and oxygen atoms in total. The van der Waals surface area contributed by atoms with Crippen molar-refractivity contribution in [2.75, 3.05) is 5.75 Å². The van der Waals surface area contributed by atoms with Gasteiger partial charge in [-0.3, -0.25) is 0 Å². The molecule has 218 valence electrons. The summed E-state index contributed by atoms with van der Waals surface area (Å²) in [6, 6.07) is 42.1. The van der Waals surface area contributed by atoms with E-state index in [4.69, 9.17) is 62.4 Å². The van der Waals surface area contributed by atoms with Crippen LogP contribution in [-0.2, 0) is 15.1 Å². The molecule has 1 saturated heterocycles. The van der Waals surface area contributed by atoms with Crippen LogP contribution in [0.25, 0.3) is 0 Å². The van der Waals surface area contributed by atoms with Gasteiger partial charge in [0.15, 0.2) is 0 Å².